The number of thiophene rings is 1. The molecule has 17 heavy (non-hydrogen) atoms. The summed E-state index contributed by atoms with van der Waals surface area (Å²) in [7, 11) is 0. The van der Waals surface area contributed by atoms with E-state index in [2.05, 4.69) is 73.8 Å². The largest absolute Gasteiger partial charge is 0.149 e. The number of benzene rings is 2. The van der Waals surface area contributed by atoms with Crippen molar-refractivity contribution in [2.45, 2.75) is 13.8 Å². The summed E-state index contributed by atoms with van der Waals surface area (Å²) in [5, 5.41) is 4.76. The van der Waals surface area contributed by atoms with Crippen molar-refractivity contribution in [3.8, 4) is 0 Å². The van der Waals surface area contributed by atoms with Crippen molar-refractivity contribution in [1.29, 1.82) is 0 Å². The van der Waals surface area contributed by atoms with Gasteiger partial charge in [-0.3, -0.25) is 0 Å². The number of rotatable bonds is 0. The molecule has 0 nitrogen and oxygen atoms in total. The average Bonchev–Trinajstić information content (AvgIpc) is 2.82. The summed E-state index contributed by atoms with van der Waals surface area (Å²) in [5.74, 6) is 0. The van der Waals surface area contributed by atoms with Crippen molar-refractivity contribution in [3.05, 3.63) is 70.4 Å². The lowest BCUT2D eigenvalue weighted by molar-refractivity contribution is 1.53. The Morgan fingerprint density at radius 3 is 2.12 bits per heavy atom. The topological polar surface area (TPSA) is 0 Å². The summed E-state index contributed by atoms with van der Waals surface area (Å²) >= 11 is 1.78. The maximum Gasteiger partial charge on any atom is 0.00141 e. The molecule has 1 heteroatoms. The van der Waals surface area contributed by atoms with Gasteiger partial charge in [0.05, 0.1) is 0 Å². The molecule has 0 radical (unpaired) electrons. The fraction of sp³-hybridized carbons (Fsp3) is 0.125. The molecule has 0 spiro atoms. The van der Waals surface area contributed by atoms with Gasteiger partial charge in [0.25, 0.3) is 0 Å². The predicted octanol–water partition coefficient (Wildman–Crippen LogP) is 5.20. The highest BCUT2D eigenvalue weighted by atomic mass is 32.1. The molecule has 1 heterocycles. The van der Waals surface area contributed by atoms with Gasteiger partial charge in [0, 0.05) is 4.88 Å². The van der Waals surface area contributed by atoms with Crippen LogP contribution in [-0.4, -0.2) is 0 Å². The molecule has 0 unspecified atom stereocenters. The molecule has 86 valence electrons. The van der Waals surface area contributed by atoms with Crippen molar-refractivity contribution >= 4 is 22.1 Å². The number of hydrogen-bond donors (Lipinski definition) is 0. The Kier molecular flexibility index (Phi) is 3.94. The zero-order valence-electron chi connectivity index (χ0n) is 10.2. The number of fused-ring (bicyclic) bond motifs is 1. The SMILES string of the molecule is Cc1cccc2ccccc12.Cc1cccs1. The second kappa shape index (κ2) is 5.65. The van der Waals surface area contributed by atoms with E-state index in [1.54, 1.807) is 11.3 Å². The highest BCUT2D eigenvalue weighted by Gasteiger charge is 1.92. The molecule has 0 atom stereocenters. The molecule has 3 rings (SSSR count). The maximum atomic E-state index is 2.16. The van der Waals surface area contributed by atoms with Gasteiger partial charge in [0.15, 0.2) is 0 Å². The smallest absolute Gasteiger partial charge is 0.00141 e. The highest BCUT2D eigenvalue weighted by Crippen LogP contribution is 2.16. The van der Waals surface area contributed by atoms with Crippen molar-refractivity contribution in [3.63, 3.8) is 0 Å². The lowest BCUT2D eigenvalue weighted by atomic mass is 10.1. The Hall–Kier alpha value is -1.60. The third-order valence-corrected chi connectivity index (χ3v) is 3.47. The molecule has 0 aliphatic carbocycles. The van der Waals surface area contributed by atoms with Crippen LogP contribution in [0.25, 0.3) is 10.8 Å². The summed E-state index contributed by atoms with van der Waals surface area (Å²) in [6.07, 6.45) is 0. The second-order valence-corrected chi connectivity index (χ2v) is 5.17. The van der Waals surface area contributed by atoms with Gasteiger partial charge in [-0.15, -0.1) is 11.3 Å². The molecule has 0 fully saturated rings. The molecule has 0 N–H and O–H groups in total. The van der Waals surface area contributed by atoms with Crippen molar-refractivity contribution in [2.24, 2.45) is 0 Å². The Morgan fingerprint density at radius 2 is 1.53 bits per heavy atom. The van der Waals surface area contributed by atoms with Crippen LogP contribution in [0.2, 0.25) is 0 Å². The van der Waals surface area contributed by atoms with Gasteiger partial charge in [0.2, 0.25) is 0 Å². The highest BCUT2D eigenvalue weighted by molar-refractivity contribution is 7.09. The molecule has 0 aliphatic heterocycles. The van der Waals surface area contributed by atoms with Crippen molar-refractivity contribution < 1.29 is 0 Å². The summed E-state index contributed by atoms with van der Waals surface area (Å²) < 4.78 is 0. The third kappa shape index (κ3) is 3.18. The fourth-order valence-corrected chi connectivity index (χ4v) is 2.28. The molecule has 3 aromatic rings. The standard InChI is InChI=1S/C11H10.C5H6S/c1-9-5-4-7-10-6-2-3-8-11(9)10;1-5-3-2-4-6-5/h2-8H,1H3;2-4H,1H3. The molecule has 2 aromatic carbocycles. The van der Waals surface area contributed by atoms with Crippen LogP contribution in [0, 0.1) is 13.8 Å². The minimum Gasteiger partial charge on any atom is -0.149 e. The molecular formula is C16H16S. The molecule has 0 bridgehead atoms. The number of aryl methyl sites for hydroxylation is 2. The molecule has 0 amide bonds. The summed E-state index contributed by atoms with van der Waals surface area (Å²) in [4.78, 5) is 1.38. The first-order chi connectivity index (χ1) is 8.27. The molecule has 0 saturated carbocycles. The average molecular weight is 240 g/mol. The van der Waals surface area contributed by atoms with Gasteiger partial charge < -0.3 is 0 Å². The van der Waals surface area contributed by atoms with Crippen molar-refractivity contribution in [1.82, 2.24) is 0 Å². The summed E-state index contributed by atoms with van der Waals surface area (Å²) in [5.41, 5.74) is 1.35. The van der Waals surface area contributed by atoms with Gasteiger partial charge in [-0.1, -0.05) is 48.5 Å². The Bertz CT molecular complexity index is 574. The van der Waals surface area contributed by atoms with Gasteiger partial charge in [-0.25, -0.2) is 0 Å². The van der Waals surface area contributed by atoms with Crippen LogP contribution in [-0.2, 0) is 0 Å². The molecule has 1 aromatic heterocycles. The van der Waals surface area contributed by atoms with E-state index in [9.17, 15) is 0 Å². The molecular weight excluding hydrogens is 224 g/mol. The Balaban J connectivity index is 0.000000153. The van der Waals surface area contributed by atoms with Crippen LogP contribution in [0.15, 0.2) is 60.0 Å². The van der Waals surface area contributed by atoms with Crippen LogP contribution >= 0.6 is 11.3 Å². The van der Waals surface area contributed by atoms with Crippen molar-refractivity contribution in [2.75, 3.05) is 0 Å². The van der Waals surface area contributed by atoms with E-state index in [0.717, 1.165) is 0 Å². The fourth-order valence-electron chi connectivity index (χ4n) is 1.75. The lowest BCUT2D eigenvalue weighted by Gasteiger charge is -1.98. The van der Waals surface area contributed by atoms with Gasteiger partial charge in [-0.2, -0.15) is 0 Å². The third-order valence-electron chi connectivity index (χ3n) is 2.67. The number of hydrogen-bond acceptors (Lipinski definition) is 1. The van der Waals surface area contributed by atoms with E-state index in [1.165, 1.54) is 21.2 Å². The first-order valence-corrected chi connectivity index (χ1v) is 6.60. The van der Waals surface area contributed by atoms with Gasteiger partial charge in [0.1, 0.15) is 0 Å². The normalized spacial score (nSPS) is 9.76. The monoisotopic (exact) mass is 240 g/mol. The second-order valence-electron chi connectivity index (χ2n) is 4.02. The van der Waals surface area contributed by atoms with Crippen LogP contribution in [0.1, 0.15) is 10.4 Å². The van der Waals surface area contributed by atoms with E-state index in [4.69, 9.17) is 0 Å². The van der Waals surface area contributed by atoms with Gasteiger partial charge >= 0.3 is 0 Å². The first-order valence-electron chi connectivity index (χ1n) is 5.72. The van der Waals surface area contributed by atoms with E-state index in [0.29, 0.717) is 0 Å². The van der Waals surface area contributed by atoms with Crippen LogP contribution in [0.5, 0.6) is 0 Å². The Morgan fingerprint density at radius 1 is 0.765 bits per heavy atom. The van der Waals surface area contributed by atoms with Crippen LogP contribution in [0.4, 0.5) is 0 Å². The van der Waals surface area contributed by atoms with Gasteiger partial charge in [-0.05, 0) is 41.6 Å². The lowest BCUT2D eigenvalue weighted by Crippen LogP contribution is -1.75. The quantitative estimate of drug-likeness (QED) is 0.506. The summed E-state index contributed by atoms with van der Waals surface area (Å²) in [6.45, 7) is 4.24. The zero-order valence-corrected chi connectivity index (χ0v) is 11.0. The van der Waals surface area contributed by atoms with E-state index < -0.39 is 0 Å². The molecule has 0 saturated heterocycles. The molecule has 0 aliphatic rings. The summed E-state index contributed by atoms with van der Waals surface area (Å²) in [6, 6.07) is 19.0. The predicted molar refractivity (Wildman–Crippen MR) is 77.7 cm³/mol. The van der Waals surface area contributed by atoms with E-state index in [1.807, 2.05) is 0 Å². The minimum atomic E-state index is 1.33. The minimum absolute atomic E-state index is 1.33. The van der Waals surface area contributed by atoms with E-state index in [-0.39, 0.29) is 0 Å². The van der Waals surface area contributed by atoms with Crippen LogP contribution < -0.4 is 0 Å². The van der Waals surface area contributed by atoms with E-state index >= 15 is 0 Å². The maximum absolute atomic E-state index is 2.16. The first kappa shape index (κ1) is 11.9. The Labute approximate surface area is 107 Å². The van der Waals surface area contributed by atoms with Crippen LogP contribution in [0.3, 0.4) is 0 Å². The zero-order chi connectivity index (χ0) is 12.1.